The first-order valence-electron chi connectivity index (χ1n) is 6.27. The van der Waals surface area contributed by atoms with Crippen molar-refractivity contribution in [3.8, 4) is 11.8 Å². The van der Waals surface area contributed by atoms with Crippen molar-refractivity contribution < 1.29 is 22.3 Å². The molecule has 0 bridgehead atoms. The standard InChI is InChI=1S/C14H17FN2O4S/c1-14(2,3)21-13(18)17-8-4-5-10-6-7-11(9-12(10)15)22(16,19)20/h6-7,9H,8H2,1-3H3,(H,17,18)(H2,16,19,20). The van der Waals surface area contributed by atoms with Crippen molar-refractivity contribution in [2.75, 3.05) is 6.54 Å². The summed E-state index contributed by atoms with van der Waals surface area (Å²) in [7, 11) is -3.96. The van der Waals surface area contributed by atoms with Crippen molar-refractivity contribution in [2.45, 2.75) is 31.3 Å². The predicted molar refractivity (Wildman–Crippen MR) is 78.9 cm³/mol. The molecule has 1 aromatic carbocycles. The van der Waals surface area contributed by atoms with Gasteiger partial charge in [-0.1, -0.05) is 11.8 Å². The van der Waals surface area contributed by atoms with Crippen LogP contribution in [0.3, 0.4) is 0 Å². The first-order valence-corrected chi connectivity index (χ1v) is 7.82. The molecule has 1 rings (SSSR count). The maximum absolute atomic E-state index is 13.7. The van der Waals surface area contributed by atoms with E-state index in [2.05, 4.69) is 17.2 Å². The summed E-state index contributed by atoms with van der Waals surface area (Å²) in [6.07, 6.45) is -0.633. The van der Waals surface area contributed by atoms with Crippen LogP contribution < -0.4 is 10.5 Å². The lowest BCUT2D eigenvalue weighted by atomic mass is 10.2. The molecular weight excluding hydrogens is 311 g/mol. The molecule has 0 fully saturated rings. The highest BCUT2D eigenvalue weighted by Crippen LogP contribution is 2.12. The summed E-state index contributed by atoms with van der Waals surface area (Å²) in [5.74, 6) is 4.20. The Morgan fingerprint density at radius 3 is 2.55 bits per heavy atom. The Kier molecular flexibility index (Phi) is 5.52. The highest BCUT2D eigenvalue weighted by Gasteiger charge is 2.15. The highest BCUT2D eigenvalue weighted by atomic mass is 32.2. The van der Waals surface area contributed by atoms with Crippen LogP contribution in [0.2, 0.25) is 0 Å². The number of carbonyl (C=O) groups is 1. The van der Waals surface area contributed by atoms with E-state index in [4.69, 9.17) is 9.88 Å². The van der Waals surface area contributed by atoms with Crippen molar-refractivity contribution in [1.29, 1.82) is 0 Å². The number of nitrogens with one attached hydrogen (secondary N) is 1. The Hall–Kier alpha value is -2.11. The van der Waals surface area contributed by atoms with Gasteiger partial charge in [0.05, 0.1) is 17.0 Å². The number of amides is 1. The molecule has 0 unspecified atom stereocenters. The fourth-order valence-electron chi connectivity index (χ4n) is 1.34. The van der Waals surface area contributed by atoms with Gasteiger partial charge in [0.1, 0.15) is 11.4 Å². The molecule has 1 aromatic rings. The minimum absolute atomic E-state index is 0.00149. The number of ether oxygens (including phenoxy) is 1. The summed E-state index contributed by atoms with van der Waals surface area (Å²) < 4.78 is 40.8. The maximum atomic E-state index is 13.7. The van der Waals surface area contributed by atoms with Crippen molar-refractivity contribution in [1.82, 2.24) is 5.32 Å². The van der Waals surface area contributed by atoms with E-state index >= 15 is 0 Å². The Balaban J connectivity index is 2.68. The molecule has 120 valence electrons. The largest absolute Gasteiger partial charge is 0.444 e. The van der Waals surface area contributed by atoms with Gasteiger partial charge in [-0.25, -0.2) is 22.7 Å². The number of rotatable bonds is 2. The minimum Gasteiger partial charge on any atom is -0.444 e. The van der Waals surface area contributed by atoms with E-state index in [1.165, 1.54) is 6.07 Å². The normalized spacial score (nSPS) is 11.3. The fourth-order valence-corrected chi connectivity index (χ4v) is 1.87. The Bertz CT molecular complexity index is 727. The first kappa shape index (κ1) is 17.9. The topological polar surface area (TPSA) is 98.5 Å². The van der Waals surface area contributed by atoms with Crippen LogP contribution in [0.4, 0.5) is 9.18 Å². The molecule has 1 amide bonds. The van der Waals surface area contributed by atoms with E-state index < -0.39 is 27.5 Å². The van der Waals surface area contributed by atoms with Gasteiger partial charge in [0.2, 0.25) is 10.0 Å². The van der Waals surface area contributed by atoms with Crippen LogP contribution in [-0.4, -0.2) is 26.7 Å². The number of carbonyl (C=O) groups excluding carboxylic acids is 1. The smallest absolute Gasteiger partial charge is 0.408 e. The number of hydrogen-bond donors (Lipinski definition) is 2. The summed E-state index contributed by atoms with van der Waals surface area (Å²) in [4.78, 5) is 11.0. The second kappa shape index (κ2) is 6.77. The Morgan fingerprint density at radius 2 is 2.05 bits per heavy atom. The molecule has 0 aliphatic carbocycles. The molecule has 3 N–H and O–H groups in total. The van der Waals surface area contributed by atoms with Crippen LogP contribution in [0.5, 0.6) is 0 Å². The molecule has 6 nitrogen and oxygen atoms in total. The summed E-state index contributed by atoms with van der Waals surface area (Å²) in [6.45, 7) is 5.13. The van der Waals surface area contributed by atoms with Crippen LogP contribution in [-0.2, 0) is 14.8 Å². The minimum atomic E-state index is -3.96. The molecule has 0 aliphatic heterocycles. The summed E-state index contributed by atoms with van der Waals surface area (Å²) in [5, 5.41) is 7.28. The zero-order valence-electron chi connectivity index (χ0n) is 12.4. The van der Waals surface area contributed by atoms with Crippen molar-refractivity contribution in [3.05, 3.63) is 29.6 Å². The van der Waals surface area contributed by atoms with Gasteiger partial charge in [-0.15, -0.1) is 0 Å². The van der Waals surface area contributed by atoms with Gasteiger partial charge in [-0.2, -0.15) is 0 Å². The van der Waals surface area contributed by atoms with E-state index in [1.54, 1.807) is 20.8 Å². The van der Waals surface area contributed by atoms with Gasteiger partial charge in [-0.05, 0) is 39.0 Å². The second-order valence-corrected chi connectivity index (χ2v) is 6.91. The van der Waals surface area contributed by atoms with Crippen molar-refractivity contribution >= 4 is 16.1 Å². The molecule has 8 heteroatoms. The fraction of sp³-hybridized carbons (Fsp3) is 0.357. The molecule has 0 atom stereocenters. The number of alkyl carbamates (subject to hydrolysis) is 1. The predicted octanol–water partition coefficient (Wildman–Crippen LogP) is 1.35. The number of primary sulfonamides is 1. The van der Waals surface area contributed by atoms with Gasteiger partial charge in [0.25, 0.3) is 0 Å². The van der Waals surface area contributed by atoms with Gasteiger partial charge in [0.15, 0.2) is 0 Å². The Morgan fingerprint density at radius 1 is 1.41 bits per heavy atom. The zero-order chi connectivity index (χ0) is 17.0. The highest BCUT2D eigenvalue weighted by molar-refractivity contribution is 7.89. The number of halogens is 1. The first-order chi connectivity index (χ1) is 9.99. The van der Waals surface area contributed by atoms with Crippen LogP contribution in [0, 0.1) is 17.7 Å². The molecule has 22 heavy (non-hydrogen) atoms. The molecule has 0 radical (unpaired) electrons. The number of benzene rings is 1. The van der Waals surface area contributed by atoms with E-state index in [1.807, 2.05) is 0 Å². The average Bonchev–Trinajstić information content (AvgIpc) is 2.32. The lowest BCUT2D eigenvalue weighted by Crippen LogP contribution is -2.32. The molecule has 0 spiro atoms. The van der Waals surface area contributed by atoms with Crippen molar-refractivity contribution in [2.24, 2.45) is 5.14 Å². The Labute approximate surface area is 128 Å². The number of nitrogens with two attached hydrogens (primary N) is 1. The van der Waals surface area contributed by atoms with Crippen LogP contribution in [0.15, 0.2) is 23.1 Å². The van der Waals surface area contributed by atoms with Crippen molar-refractivity contribution in [3.63, 3.8) is 0 Å². The van der Waals surface area contributed by atoms with Gasteiger partial charge < -0.3 is 10.1 Å². The monoisotopic (exact) mass is 328 g/mol. The van der Waals surface area contributed by atoms with Gasteiger partial charge in [-0.3, -0.25) is 0 Å². The van der Waals surface area contributed by atoms with Gasteiger partial charge >= 0.3 is 6.09 Å². The van der Waals surface area contributed by atoms with Crippen LogP contribution in [0.25, 0.3) is 0 Å². The molecular formula is C14H17FN2O4S. The summed E-state index contributed by atoms with van der Waals surface area (Å²) >= 11 is 0. The van der Waals surface area contributed by atoms with E-state index in [-0.39, 0.29) is 17.0 Å². The zero-order valence-corrected chi connectivity index (χ0v) is 13.3. The third-order valence-corrected chi connectivity index (χ3v) is 3.12. The maximum Gasteiger partial charge on any atom is 0.408 e. The lowest BCUT2D eigenvalue weighted by Gasteiger charge is -2.18. The van der Waals surface area contributed by atoms with Crippen LogP contribution in [0.1, 0.15) is 26.3 Å². The summed E-state index contributed by atoms with van der Waals surface area (Å²) in [5.41, 5.74) is -0.619. The third-order valence-electron chi connectivity index (χ3n) is 2.21. The molecule has 0 aromatic heterocycles. The summed E-state index contributed by atoms with van der Waals surface area (Å²) in [6, 6.07) is 3.15. The van der Waals surface area contributed by atoms with E-state index in [9.17, 15) is 17.6 Å². The van der Waals surface area contributed by atoms with Gasteiger partial charge in [0, 0.05) is 0 Å². The van der Waals surface area contributed by atoms with E-state index in [0.29, 0.717) is 0 Å². The van der Waals surface area contributed by atoms with Crippen LogP contribution >= 0.6 is 0 Å². The molecule has 0 aliphatic rings. The SMILES string of the molecule is CC(C)(C)OC(=O)NCC#Cc1ccc(S(N)(=O)=O)cc1F. The third kappa shape index (κ3) is 6.11. The molecule has 0 heterocycles. The number of sulfonamides is 1. The van der Waals surface area contributed by atoms with E-state index in [0.717, 1.165) is 12.1 Å². The lowest BCUT2D eigenvalue weighted by molar-refractivity contribution is 0.0535. The molecule has 0 saturated heterocycles. The number of hydrogen-bond acceptors (Lipinski definition) is 4. The molecule has 0 saturated carbocycles. The second-order valence-electron chi connectivity index (χ2n) is 5.34. The quantitative estimate of drug-likeness (QED) is 0.801. The average molecular weight is 328 g/mol.